The van der Waals surface area contributed by atoms with Crippen LogP contribution in [0.2, 0.25) is 0 Å². The lowest BCUT2D eigenvalue weighted by atomic mass is 10.1. The van der Waals surface area contributed by atoms with Crippen molar-refractivity contribution in [2.45, 2.75) is 39.6 Å². The second-order valence-corrected chi connectivity index (χ2v) is 7.48. The number of rotatable bonds is 8. The number of alkyl halides is 3. The Kier molecular flexibility index (Phi) is 7.45. The van der Waals surface area contributed by atoms with Gasteiger partial charge < -0.3 is 14.8 Å². The normalized spacial score (nSPS) is 12.2. The second kappa shape index (κ2) is 10.2. The third-order valence-corrected chi connectivity index (χ3v) is 5.16. The van der Waals surface area contributed by atoms with Gasteiger partial charge in [-0.2, -0.15) is 17.9 Å². The number of aromatic nitrogens is 4. The van der Waals surface area contributed by atoms with Crippen LogP contribution in [0.5, 0.6) is 11.6 Å². The molecule has 0 radical (unpaired) electrons. The molecule has 10 nitrogen and oxygen atoms in total. The Hall–Kier alpha value is -4.23. The number of aldehydes is 1. The second-order valence-electron chi connectivity index (χ2n) is 7.48. The molecule has 192 valence electrons. The van der Waals surface area contributed by atoms with Gasteiger partial charge in [-0.3, -0.25) is 14.2 Å². The number of hydrogen-bond acceptors (Lipinski definition) is 7. The van der Waals surface area contributed by atoms with Gasteiger partial charge in [-0.15, -0.1) is 5.10 Å². The molecule has 0 bridgehead atoms. The number of halogens is 4. The summed E-state index contributed by atoms with van der Waals surface area (Å²) in [6.07, 6.45) is -5.53. The lowest BCUT2D eigenvalue weighted by Gasteiger charge is -2.21. The zero-order valence-electron chi connectivity index (χ0n) is 19.5. The van der Waals surface area contributed by atoms with Gasteiger partial charge in [0.15, 0.2) is 18.2 Å². The Morgan fingerprint density at radius 1 is 1.31 bits per heavy atom. The molecule has 0 aliphatic rings. The van der Waals surface area contributed by atoms with Crippen LogP contribution in [0.3, 0.4) is 0 Å². The number of amides is 1. The fourth-order valence-electron chi connectivity index (χ4n) is 3.21. The first kappa shape index (κ1) is 26.4. The van der Waals surface area contributed by atoms with Gasteiger partial charge in [0.05, 0.1) is 12.7 Å². The van der Waals surface area contributed by atoms with Gasteiger partial charge in [0, 0.05) is 18.8 Å². The SMILES string of the molecule is CCn1c(C=O)nn(-c2cc(O[C@@H](C)C(F)(F)F)c(C(=O)Nc3c(C)ccnc3OC)cc2F)c1=O. The summed E-state index contributed by atoms with van der Waals surface area (Å²) >= 11 is 0. The van der Waals surface area contributed by atoms with E-state index in [4.69, 9.17) is 9.47 Å². The highest BCUT2D eigenvalue weighted by molar-refractivity contribution is 6.07. The minimum Gasteiger partial charge on any atom is -0.480 e. The van der Waals surface area contributed by atoms with Crippen molar-refractivity contribution in [3.05, 3.63) is 57.6 Å². The molecular formula is C22H21F4N5O5. The maximum atomic E-state index is 15.1. The number of nitrogens with one attached hydrogen (secondary N) is 1. The summed E-state index contributed by atoms with van der Waals surface area (Å²) in [7, 11) is 1.30. The fraction of sp³-hybridized carbons (Fsp3) is 0.318. The zero-order valence-corrected chi connectivity index (χ0v) is 19.5. The van der Waals surface area contributed by atoms with Crippen LogP contribution < -0.4 is 20.5 Å². The number of benzene rings is 1. The van der Waals surface area contributed by atoms with E-state index in [1.165, 1.54) is 13.3 Å². The minimum atomic E-state index is -4.82. The van der Waals surface area contributed by atoms with Crippen LogP contribution >= 0.6 is 0 Å². The molecular weight excluding hydrogens is 490 g/mol. The lowest BCUT2D eigenvalue weighted by Crippen LogP contribution is -2.32. The summed E-state index contributed by atoms with van der Waals surface area (Å²) < 4.78 is 66.4. The Bertz CT molecular complexity index is 1370. The van der Waals surface area contributed by atoms with Crippen LogP contribution in [0.1, 0.15) is 40.4 Å². The third kappa shape index (κ3) is 5.06. The average Bonchev–Trinajstić information content (AvgIpc) is 3.15. The molecule has 1 N–H and O–H groups in total. The first-order valence-electron chi connectivity index (χ1n) is 10.5. The topological polar surface area (TPSA) is 117 Å². The van der Waals surface area contributed by atoms with Crippen LogP contribution in [0, 0.1) is 12.7 Å². The van der Waals surface area contributed by atoms with Crippen LogP contribution in [0.15, 0.2) is 29.2 Å². The highest BCUT2D eigenvalue weighted by atomic mass is 19.4. The molecule has 0 fully saturated rings. The quantitative estimate of drug-likeness (QED) is 0.364. The van der Waals surface area contributed by atoms with E-state index >= 15 is 4.39 Å². The number of hydrogen-bond donors (Lipinski definition) is 1. The Morgan fingerprint density at radius 2 is 2.00 bits per heavy atom. The van der Waals surface area contributed by atoms with Gasteiger partial charge >= 0.3 is 11.9 Å². The van der Waals surface area contributed by atoms with Crippen molar-refractivity contribution < 1.29 is 36.6 Å². The van der Waals surface area contributed by atoms with Crippen molar-refractivity contribution in [1.82, 2.24) is 19.3 Å². The summed E-state index contributed by atoms with van der Waals surface area (Å²) in [5, 5.41) is 6.17. The highest BCUT2D eigenvalue weighted by Crippen LogP contribution is 2.32. The molecule has 3 aromatic rings. The third-order valence-electron chi connectivity index (χ3n) is 5.16. The molecule has 1 aromatic carbocycles. The summed E-state index contributed by atoms with van der Waals surface area (Å²) in [6.45, 7) is 3.88. The number of methoxy groups -OCH3 is 1. The van der Waals surface area contributed by atoms with Crippen molar-refractivity contribution in [2.24, 2.45) is 0 Å². The molecule has 1 amide bonds. The molecule has 0 saturated heterocycles. The van der Waals surface area contributed by atoms with Crippen LogP contribution in [0.25, 0.3) is 5.69 Å². The summed E-state index contributed by atoms with van der Waals surface area (Å²) in [4.78, 5) is 40.8. The van der Waals surface area contributed by atoms with Gasteiger partial charge in [0.2, 0.25) is 5.88 Å². The molecule has 14 heteroatoms. The average molecular weight is 511 g/mol. The Balaban J connectivity index is 2.17. The molecule has 36 heavy (non-hydrogen) atoms. The number of nitrogens with zero attached hydrogens (tertiary/aromatic N) is 4. The molecule has 3 rings (SSSR count). The maximum Gasteiger partial charge on any atom is 0.425 e. The predicted molar refractivity (Wildman–Crippen MR) is 118 cm³/mol. The van der Waals surface area contributed by atoms with Crippen LogP contribution in [-0.4, -0.2) is 50.9 Å². The van der Waals surface area contributed by atoms with E-state index in [0.717, 1.165) is 10.6 Å². The molecule has 2 heterocycles. The smallest absolute Gasteiger partial charge is 0.425 e. The Labute approximate surface area is 201 Å². The number of ether oxygens (including phenoxy) is 2. The molecule has 1 atom stereocenters. The number of carbonyl (C=O) groups is 2. The van der Waals surface area contributed by atoms with Crippen molar-refractivity contribution >= 4 is 17.9 Å². The van der Waals surface area contributed by atoms with E-state index in [-0.39, 0.29) is 30.2 Å². The van der Waals surface area contributed by atoms with Crippen molar-refractivity contribution in [1.29, 1.82) is 0 Å². The minimum absolute atomic E-state index is 0.0182. The summed E-state index contributed by atoms with van der Waals surface area (Å²) in [6, 6.07) is 2.90. The zero-order chi connectivity index (χ0) is 26.8. The van der Waals surface area contributed by atoms with Gasteiger partial charge in [0.25, 0.3) is 5.91 Å². The largest absolute Gasteiger partial charge is 0.480 e. The van der Waals surface area contributed by atoms with E-state index < -0.39 is 46.7 Å². The molecule has 0 spiro atoms. The number of carbonyl (C=O) groups excluding carboxylic acids is 2. The lowest BCUT2D eigenvalue weighted by molar-refractivity contribution is -0.189. The standard InChI is InChI=1S/C22H21F4N5O5/c1-5-30-17(10-32)29-31(21(30)34)15-9-16(36-12(3)22(24,25)26)13(8-14(15)23)19(33)28-18-11(2)6-7-27-20(18)35-4/h6-10,12H,5H2,1-4H3,(H,28,33)/t12-/m0/s1. The summed E-state index contributed by atoms with van der Waals surface area (Å²) in [5.74, 6) is -3.19. The van der Waals surface area contributed by atoms with E-state index in [0.29, 0.717) is 23.2 Å². The van der Waals surface area contributed by atoms with Crippen LogP contribution in [0.4, 0.5) is 23.2 Å². The fourth-order valence-corrected chi connectivity index (χ4v) is 3.21. The van der Waals surface area contributed by atoms with Gasteiger partial charge in [-0.05, 0) is 38.5 Å². The summed E-state index contributed by atoms with van der Waals surface area (Å²) in [5.41, 5.74) is -1.52. The first-order valence-corrected chi connectivity index (χ1v) is 10.5. The van der Waals surface area contributed by atoms with Crippen molar-refractivity contribution in [3.63, 3.8) is 0 Å². The number of anilines is 1. The van der Waals surface area contributed by atoms with E-state index in [2.05, 4.69) is 15.4 Å². The van der Waals surface area contributed by atoms with Gasteiger partial charge in [-0.1, -0.05) is 0 Å². The predicted octanol–water partition coefficient (Wildman–Crippen LogP) is 3.30. The van der Waals surface area contributed by atoms with Gasteiger partial charge in [0.1, 0.15) is 22.9 Å². The maximum absolute atomic E-state index is 15.1. The first-order chi connectivity index (χ1) is 16.9. The monoisotopic (exact) mass is 511 g/mol. The molecule has 0 aliphatic carbocycles. The van der Waals surface area contributed by atoms with Crippen LogP contribution in [-0.2, 0) is 6.54 Å². The molecule has 2 aromatic heterocycles. The van der Waals surface area contributed by atoms with Crippen molar-refractivity contribution in [3.8, 4) is 17.3 Å². The van der Waals surface area contributed by atoms with Crippen molar-refractivity contribution in [2.75, 3.05) is 12.4 Å². The molecule has 0 aliphatic heterocycles. The van der Waals surface area contributed by atoms with E-state index in [1.807, 2.05) is 0 Å². The highest BCUT2D eigenvalue weighted by Gasteiger charge is 2.39. The molecule has 0 unspecified atom stereocenters. The number of pyridine rings is 1. The Morgan fingerprint density at radius 3 is 2.56 bits per heavy atom. The van der Waals surface area contributed by atoms with E-state index in [1.54, 1.807) is 19.9 Å². The number of aryl methyl sites for hydroxylation is 1. The van der Waals surface area contributed by atoms with Gasteiger partial charge in [-0.25, -0.2) is 14.2 Å². The molecule has 0 saturated carbocycles. The van der Waals surface area contributed by atoms with E-state index in [9.17, 15) is 27.6 Å².